The fourth-order valence-electron chi connectivity index (χ4n) is 3.53. The Balaban J connectivity index is 1.40. The molecule has 0 aliphatic heterocycles. The summed E-state index contributed by atoms with van der Waals surface area (Å²) in [4.78, 5) is 25.5. The summed E-state index contributed by atoms with van der Waals surface area (Å²) in [6.07, 6.45) is 0. The molecule has 0 saturated heterocycles. The van der Waals surface area contributed by atoms with Gasteiger partial charge in [-0.3, -0.25) is 4.79 Å². The highest BCUT2D eigenvalue weighted by Crippen LogP contribution is 2.36. The number of nitrogens with one attached hydrogen (secondary N) is 1. The molecule has 0 aliphatic carbocycles. The summed E-state index contributed by atoms with van der Waals surface area (Å²) in [5, 5.41) is 14.2. The molecule has 1 N–H and O–H groups in total. The number of hydrogen-bond acceptors (Lipinski definition) is 8. The molecule has 37 heavy (non-hydrogen) atoms. The number of benzene rings is 2. The summed E-state index contributed by atoms with van der Waals surface area (Å²) >= 11 is 2.56. The molecule has 0 aliphatic rings. The number of amides is 1. The van der Waals surface area contributed by atoms with E-state index in [-0.39, 0.29) is 24.9 Å². The van der Waals surface area contributed by atoms with Crippen LogP contribution >= 0.6 is 23.1 Å². The molecule has 0 saturated carbocycles. The lowest BCUT2D eigenvalue weighted by Gasteiger charge is -2.09. The van der Waals surface area contributed by atoms with E-state index in [1.165, 1.54) is 28.7 Å². The van der Waals surface area contributed by atoms with Crippen molar-refractivity contribution in [1.29, 1.82) is 0 Å². The molecule has 0 fully saturated rings. The second-order valence-corrected chi connectivity index (χ2v) is 10.1. The highest BCUT2D eigenvalue weighted by molar-refractivity contribution is 7.99. The van der Waals surface area contributed by atoms with Gasteiger partial charge in [-0.25, -0.2) is 4.79 Å². The summed E-state index contributed by atoms with van der Waals surface area (Å²) in [6.45, 7) is 6.36. The first-order valence-corrected chi connectivity index (χ1v) is 13.6. The van der Waals surface area contributed by atoms with Gasteiger partial charge in [0.15, 0.2) is 11.0 Å². The van der Waals surface area contributed by atoms with E-state index in [4.69, 9.17) is 9.47 Å². The van der Waals surface area contributed by atoms with Crippen molar-refractivity contribution in [3.05, 3.63) is 76.4 Å². The molecule has 0 unspecified atom stereocenters. The standard InChI is InChI=1S/C27H28N4O4S2/c1-5-34-26(33)24-21(19-9-7-6-8-10-19)15-36-25(24)28-23(32)16-37-27-30-29-22(31(27)4)14-35-20-12-11-17(2)18(3)13-20/h6-13,15H,5,14,16H2,1-4H3,(H,28,32). The van der Waals surface area contributed by atoms with Gasteiger partial charge in [0.1, 0.15) is 22.9 Å². The number of nitrogens with zero attached hydrogens (tertiary/aromatic N) is 3. The van der Waals surface area contributed by atoms with Crippen molar-refractivity contribution < 1.29 is 19.1 Å². The molecular weight excluding hydrogens is 508 g/mol. The van der Waals surface area contributed by atoms with E-state index >= 15 is 0 Å². The molecule has 8 nitrogen and oxygen atoms in total. The Morgan fingerprint density at radius 2 is 1.86 bits per heavy atom. The van der Waals surface area contributed by atoms with Gasteiger partial charge in [0.25, 0.3) is 0 Å². The molecule has 0 bridgehead atoms. The average molecular weight is 537 g/mol. The lowest BCUT2D eigenvalue weighted by Crippen LogP contribution is -2.16. The Bertz CT molecular complexity index is 1400. The lowest BCUT2D eigenvalue weighted by molar-refractivity contribution is -0.113. The summed E-state index contributed by atoms with van der Waals surface area (Å²) in [6, 6.07) is 15.5. The first-order chi connectivity index (χ1) is 17.9. The van der Waals surface area contributed by atoms with Crippen molar-refractivity contribution in [2.24, 2.45) is 7.05 Å². The van der Waals surface area contributed by atoms with Crippen LogP contribution in [0.1, 0.15) is 34.2 Å². The quantitative estimate of drug-likeness (QED) is 0.207. The summed E-state index contributed by atoms with van der Waals surface area (Å²) < 4.78 is 12.9. The molecule has 2 aromatic heterocycles. The van der Waals surface area contributed by atoms with Gasteiger partial charge in [0, 0.05) is 18.0 Å². The van der Waals surface area contributed by atoms with E-state index in [1.54, 1.807) is 6.92 Å². The number of hydrogen-bond donors (Lipinski definition) is 1. The van der Waals surface area contributed by atoms with E-state index in [9.17, 15) is 9.59 Å². The number of thioether (sulfide) groups is 1. The number of aryl methyl sites for hydroxylation is 2. The number of aromatic nitrogens is 3. The molecule has 4 aromatic rings. The van der Waals surface area contributed by atoms with Crippen LogP contribution in [-0.4, -0.2) is 39.0 Å². The van der Waals surface area contributed by atoms with Crippen LogP contribution in [0.15, 0.2) is 59.1 Å². The Morgan fingerprint density at radius 3 is 2.59 bits per heavy atom. The zero-order valence-corrected chi connectivity index (χ0v) is 22.7. The van der Waals surface area contributed by atoms with Gasteiger partial charge < -0.3 is 19.4 Å². The fraction of sp³-hybridized carbons (Fsp3) is 0.259. The van der Waals surface area contributed by atoms with E-state index < -0.39 is 5.97 Å². The molecule has 2 heterocycles. The number of rotatable bonds is 10. The van der Waals surface area contributed by atoms with Crippen molar-refractivity contribution in [2.75, 3.05) is 17.7 Å². The second kappa shape index (κ2) is 12.1. The van der Waals surface area contributed by atoms with Crippen molar-refractivity contribution in [3.63, 3.8) is 0 Å². The molecule has 0 spiro atoms. The zero-order chi connectivity index (χ0) is 26.4. The first kappa shape index (κ1) is 26.4. The molecule has 2 aromatic carbocycles. The summed E-state index contributed by atoms with van der Waals surface area (Å²) in [7, 11) is 1.84. The summed E-state index contributed by atoms with van der Waals surface area (Å²) in [5.74, 6) is 0.796. The van der Waals surface area contributed by atoms with Gasteiger partial charge in [0.2, 0.25) is 5.91 Å². The van der Waals surface area contributed by atoms with Crippen LogP contribution in [0.2, 0.25) is 0 Å². The normalized spacial score (nSPS) is 10.8. The van der Waals surface area contributed by atoms with Gasteiger partial charge >= 0.3 is 5.97 Å². The Hall–Kier alpha value is -3.63. The van der Waals surface area contributed by atoms with Crippen LogP contribution in [0.5, 0.6) is 5.75 Å². The van der Waals surface area contributed by atoms with Gasteiger partial charge in [0.05, 0.1) is 12.4 Å². The largest absolute Gasteiger partial charge is 0.486 e. The summed E-state index contributed by atoms with van der Waals surface area (Å²) in [5.41, 5.74) is 4.34. The third-order valence-electron chi connectivity index (χ3n) is 5.71. The van der Waals surface area contributed by atoms with E-state index in [0.29, 0.717) is 21.5 Å². The SMILES string of the molecule is CCOC(=O)c1c(-c2ccccc2)csc1NC(=O)CSc1nnc(COc2ccc(C)c(C)c2)n1C. The minimum atomic E-state index is -0.465. The predicted octanol–water partition coefficient (Wildman–Crippen LogP) is 5.65. The van der Waals surface area contributed by atoms with Crippen LogP contribution in [0.3, 0.4) is 0 Å². The predicted molar refractivity (Wildman–Crippen MR) is 146 cm³/mol. The van der Waals surface area contributed by atoms with Gasteiger partial charge in [-0.05, 0) is 49.6 Å². The molecule has 10 heteroatoms. The Labute approximate surface area is 224 Å². The minimum Gasteiger partial charge on any atom is -0.486 e. The van der Waals surface area contributed by atoms with E-state index in [1.807, 2.05) is 72.4 Å². The molecule has 0 atom stereocenters. The lowest BCUT2D eigenvalue weighted by atomic mass is 10.0. The zero-order valence-electron chi connectivity index (χ0n) is 21.1. The maximum atomic E-state index is 12.8. The van der Waals surface area contributed by atoms with Crippen molar-refractivity contribution >= 4 is 40.0 Å². The molecule has 192 valence electrons. The van der Waals surface area contributed by atoms with Crippen LogP contribution < -0.4 is 10.1 Å². The average Bonchev–Trinajstić information content (AvgIpc) is 3.47. The van der Waals surface area contributed by atoms with Crippen LogP contribution in [-0.2, 0) is 23.2 Å². The third kappa shape index (κ3) is 6.39. The number of carbonyl (C=O) groups is 2. The van der Waals surface area contributed by atoms with Gasteiger partial charge in [-0.15, -0.1) is 21.5 Å². The van der Waals surface area contributed by atoms with Crippen LogP contribution in [0, 0.1) is 13.8 Å². The highest BCUT2D eigenvalue weighted by Gasteiger charge is 2.23. The molecule has 4 rings (SSSR count). The smallest absolute Gasteiger partial charge is 0.341 e. The topological polar surface area (TPSA) is 95.3 Å². The van der Waals surface area contributed by atoms with E-state index in [2.05, 4.69) is 22.4 Å². The fourth-order valence-corrected chi connectivity index (χ4v) is 5.23. The third-order valence-corrected chi connectivity index (χ3v) is 7.63. The van der Waals surface area contributed by atoms with Gasteiger partial charge in [-0.1, -0.05) is 48.2 Å². The molecule has 0 radical (unpaired) electrons. The highest BCUT2D eigenvalue weighted by atomic mass is 32.2. The molecule has 1 amide bonds. The van der Waals surface area contributed by atoms with E-state index in [0.717, 1.165) is 22.4 Å². The number of anilines is 1. The number of esters is 1. The molecular formula is C27H28N4O4S2. The number of ether oxygens (including phenoxy) is 2. The number of thiophene rings is 1. The Morgan fingerprint density at radius 1 is 1.08 bits per heavy atom. The van der Waals surface area contributed by atoms with Crippen LogP contribution in [0.25, 0.3) is 11.1 Å². The second-order valence-electron chi connectivity index (χ2n) is 8.27. The monoisotopic (exact) mass is 536 g/mol. The minimum absolute atomic E-state index is 0.102. The van der Waals surface area contributed by atoms with Crippen molar-refractivity contribution in [3.8, 4) is 16.9 Å². The van der Waals surface area contributed by atoms with Crippen LogP contribution in [0.4, 0.5) is 5.00 Å². The maximum absolute atomic E-state index is 12.8. The van der Waals surface area contributed by atoms with Crippen molar-refractivity contribution in [2.45, 2.75) is 32.5 Å². The number of carbonyl (C=O) groups excluding carboxylic acids is 2. The van der Waals surface area contributed by atoms with Crippen molar-refractivity contribution in [1.82, 2.24) is 14.8 Å². The maximum Gasteiger partial charge on any atom is 0.341 e. The van der Waals surface area contributed by atoms with Gasteiger partial charge in [-0.2, -0.15) is 0 Å². The first-order valence-electron chi connectivity index (χ1n) is 11.7. The Kier molecular flexibility index (Phi) is 8.62.